The molecule has 1 aromatic carbocycles. The number of nitrogens with zero attached hydrogens (tertiary/aromatic N) is 2. The molecular weight excluding hydrogens is 288 g/mol. The molecule has 2 atom stereocenters. The van der Waals surface area contributed by atoms with Gasteiger partial charge in [-0.25, -0.2) is 0 Å². The van der Waals surface area contributed by atoms with Crippen molar-refractivity contribution in [3.8, 4) is 0 Å². The lowest BCUT2D eigenvalue weighted by molar-refractivity contribution is -0.384. The van der Waals surface area contributed by atoms with E-state index in [1.807, 2.05) is 24.4 Å². The highest BCUT2D eigenvalue weighted by molar-refractivity contribution is 7.07. The summed E-state index contributed by atoms with van der Waals surface area (Å²) in [5.74, 6) is 0. The highest BCUT2D eigenvalue weighted by Gasteiger charge is 2.30. The third-order valence-corrected chi connectivity index (χ3v) is 4.30. The largest absolute Gasteiger partial charge is 0.367 e. The zero-order valence-electron chi connectivity index (χ0n) is 11.6. The summed E-state index contributed by atoms with van der Waals surface area (Å²) in [6, 6.07) is 8.94. The van der Waals surface area contributed by atoms with E-state index < -0.39 is 0 Å². The van der Waals surface area contributed by atoms with Gasteiger partial charge in [0.1, 0.15) is 11.8 Å². The highest BCUT2D eigenvalue weighted by Crippen LogP contribution is 2.34. The van der Waals surface area contributed by atoms with Crippen molar-refractivity contribution in [2.24, 2.45) is 0 Å². The van der Waals surface area contributed by atoms with Crippen molar-refractivity contribution in [2.75, 3.05) is 18.0 Å². The van der Waals surface area contributed by atoms with E-state index in [0.717, 1.165) is 5.56 Å². The predicted molar refractivity (Wildman–Crippen MR) is 82.9 cm³/mol. The van der Waals surface area contributed by atoms with Gasteiger partial charge in [-0.05, 0) is 35.4 Å². The maximum Gasteiger partial charge on any atom is 0.292 e. The topological polar surface area (TPSA) is 55.6 Å². The number of morpholine rings is 1. The number of para-hydroxylation sites is 2. The molecule has 0 aliphatic carbocycles. The van der Waals surface area contributed by atoms with Crippen LogP contribution in [0.2, 0.25) is 0 Å². The first-order chi connectivity index (χ1) is 10.1. The smallest absolute Gasteiger partial charge is 0.292 e. The molecule has 0 N–H and O–H groups in total. The van der Waals surface area contributed by atoms with E-state index in [-0.39, 0.29) is 22.8 Å². The molecule has 1 aliphatic rings. The second-order valence-corrected chi connectivity index (χ2v) is 5.92. The lowest BCUT2D eigenvalue weighted by Gasteiger charge is -2.37. The van der Waals surface area contributed by atoms with Crippen LogP contribution in [0.4, 0.5) is 11.4 Å². The van der Waals surface area contributed by atoms with Crippen LogP contribution in [0.3, 0.4) is 0 Å². The molecule has 1 saturated heterocycles. The molecule has 6 heteroatoms. The Hall–Kier alpha value is -1.92. The molecule has 2 unspecified atom stereocenters. The van der Waals surface area contributed by atoms with Gasteiger partial charge < -0.3 is 9.64 Å². The minimum absolute atomic E-state index is 0.0310. The Labute approximate surface area is 126 Å². The monoisotopic (exact) mass is 304 g/mol. The normalized spacial score (nSPS) is 22.2. The predicted octanol–water partition coefficient (Wildman–Crippen LogP) is 3.62. The van der Waals surface area contributed by atoms with E-state index >= 15 is 0 Å². The SMILES string of the molecule is CC1CN(c2ccccc2[N+](=O)[O-])CC(c2ccsc2)O1. The third kappa shape index (κ3) is 2.91. The maximum absolute atomic E-state index is 11.2. The van der Waals surface area contributed by atoms with Gasteiger partial charge in [0, 0.05) is 19.2 Å². The van der Waals surface area contributed by atoms with Crippen molar-refractivity contribution in [1.82, 2.24) is 0 Å². The lowest BCUT2D eigenvalue weighted by Crippen LogP contribution is -2.43. The second-order valence-electron chi connectivity index (χ2n) is 5.14. The van der Waals surface area contributed by atoms with Crippen LogP contribution in [0, 0.1) is 10.1 Å². The number of nitro groups is 1. The molecule has 5 nitrogen and oxygen atoms in total. The Balaban J connectivity index is 1.90. The summed E-state index contributed by atoms with van der Waals surface area (Å²) in [5.41, 5.74) is 1.95. The maximum atomic E-state index is 11.2. The zero-order chi connectivity index (χ0) is 14.8. The molecule has 1 aliphatic heterocycles. The van der Waals surface area contributed by atoms with Crippen molar-refractivity contribution in [3.63, 3.8) is 0 Å². The van der Waals surface area contributed by atoms with Crippen molar-refractivity contribution >= 4 is 22.7 Å². The first-order valence-electron chi connectivity index (χ1n) is 6.81. The summed E-state index contributed by atoms with van der Waals surface area (Å²) < 4.78 is 5.98. The van der Waals surface area contributed by atoms with Crippen LogP contribution < -0.4 is 4.90 Å². The molecule has 2 heterocycles. The summed E-state index contributed by atoms with van der Waals surface area (Å²) >= 11 is 1.63. The number of hydrogen-bond donors (Lipinski definition) is 0. The fraction of sp³-hybridized carbons (Fsp3) is 0.333. The minimum atomic E-state index is -0.324. The van der Waals surface area contributed by atoms with Crippen LogP contribution in [-0.2, 0) is 4.74 Å². The van der Waals surface area contributed by atoms with E-state index in [9.17, 15) is 10.1 Å². The molecule has 0 radical (unpaired) electrons. The number of rotatable bonds is 3. The van der Waals surface area contributed by atoms with E-state index in [0.29, 0.717) is 18.8 Å². The fourth-order valence-corrected chi connectivity index (χ4v) is 3.38. The molecule has 1 aromatic heterocycles. The van der Waals surface area contributed by atoms with Crippen LogP contribution in [0.25, 0.3) is 0 Å². The quantitative estimate of drug-likeness (QED) is 0.642. The average Bonchev–Trinajstić information content (AvgIpc) is 3.01. The van der Waals surface area contributed by atoms with Gasteiger partial charge in [-0.15, -0.1) is 0 Å². The van der Waals surface area contributed by atoms with Gasteiger partial charge >= 0.3 is 0 Å². The molecule has 0 spiro atoms. The molecule has 110 valence electrons. The first kappa shape index (κ1) is 14.0. The third-order valence-electron chi connectivity index (χ3n) is 3.59. The van der Waals surface area contributed by atoms with Crippen LogP contribution in [0.1, 0.15) is 18.6 Å². The van der Waals surface area contributed by atoms with Crippen LogP contribution in [0.5, 0.6) is 0 Å². The minimum Gasteiger partial charge on any atom is -0.367 e. The first-order valence-corrected chi connectivity index (χ1v) is 7.75. The number of nitro benzene ring substituents is 1. The standard InChI is InChI=1S/C15H16N2O3S/c1-11-8-16(9-15(20-11)12-6-7-21-10-12)13-4-2-3-5-14(13)17(18)19/h2-7,10-11,15H,8-9H2,1H3. The summed E-state index contributed by atoms with van der Waals surface area (Å²) in [6.45, 7) is 3.29. The Morgan fingerprint density at radius 1 is 1.33 bits per heavy atom. The van der Waals surface area contributed by atoms with E-state index in [4.69, 9.17) is 4.74 Å². The number of ether oxygens (including phenoxy) is 1. The molecular formula is C15H16N2O3S. The fourth-order valence-electron chi connectivity index (χ4n) is 2.68. The second kappa shape index (κ2) is 5.83. The van der Waals surface area contributed by atoms with Gasteiger partial charge in [0.05, 0.1) is 11.0 Å². The highest BCUT2D eigenvalue weighted by atomic mass is 32.1. The van der Waals surface area contributed by atoms with Crippen LogP contribution in [-0.4, -0.2) is 24.1 Å². The lowest BCUT2D eigenvalue weighted by atomic mass is 10.1. The number of anilines is 1. The molecule has 21 heavy (non-hydrogen) atoms. The molecule has 1 fully saturated rings. The number of hydrogen-bond acceptors (Lipinski definition) is 5. The zero-order valence-corrected chi connectivity index (χ0v) is 12.5. The van der Waals surface area contributed by atoms with Crippen molar-refractivity contribution in [2.45, 2.75) is 19.1 Å². The summed E-state index contributed by atoms with van der Waals surface area (Å²) in [6.07, 6.45) is -0.0109. The van der Waals surface area contributed by atoms with Gasteiger partial charge in [0.25, 0.3) is 5.69 Å². The van der Waals surface area contributed by atoms with E-state index in [1.54, 1.807) is 29.5 Å². The number of thiophene rings is 1. The number of benzene rings is 1. The summed E-state index contributed by atoms with van der Waals surface area (Å²) in [5, 5.41) is 15.3. The Morgan fingerprint density at radius 2 is 2.14 bits per heavy atom. The van der Waals surface area contributed by atoms with Gasteiger partial charge in [0.15, 0.2) is 0 Å². The molecule has 0 bridgehead atoms. The average molecular weight is 304 g/mol. The Morgan fingerprint density at radius 3 is 2.86 bits per heavy atom. The van der Waals surface area contributed by atoms with Crippen molar-refractivity contribution in [3.05, 3.63) is 56.8 Å². The van der Waals surface area contributed by atoms with Crippen molar-refractivity contribution in [1.29, 1.82) is 0 Å². The summed E-state index contributed by atoms with van der Waals surface area (Å²) in [7, 11) is 0. The van der Waals surface area contributed by atoms with E-state index in [1.165, 1.54) is 0 Å². The van der Waals surface area contributed by atoms with Gasteiger partial charge in [-0.1, -0.05) is 12.1 Å². The molecule has 3 rings (SSSR count). The Bertz CT molecular complexity index is 630. The summed E-state index contributed by atoms with van der Waals surface area (Å²) in [4.78, 5) is 12.9. The molecule has 0 saturated carbocycles. The van der Waals surface area contributed by atoms with E-state index in [2.05, 4.69) is 10.3 Å². The van der Waals surface area contributed by atoms with Gasteiger partial charge in [-0.3, -0.25) is 10.1 Å². The molecule has 2 aromatic rings. The van der Waals surface area contributed by atoms with Gasteiger partial charge in [-0.2, -0.15) is 11.3 Å². The Kier molecular flexibility index (Phi) is 3.90. The van der Waals surface area contributed by atoms with Crippen LogP contribution in [0.15, 0.2) is 41.1 Å². The molecule has 0 amide bonds. The van der Waals surface area contributed by atoms with Crippen molar-refractivity contribution < 1.29 is 9.66 Å². The van der Waals surface area contributed by atoms with Gasteiger partial charge in [0.2, 0.25) is 0 Å². The van der Waals surface area contributed by atoms with Crippen LogP contribution >= 0.6 is 11.3 Å².